The van der Waals surface area contributed by atoms with Gasteiger partial charge in [0.05, 0.1) is 12.2 Å². The average molecular weight is 390 g/mol. The van der Waals surface area contributed by atoms with Crippen molar-refractivity contribution in [3.05, 3.63) is 96.2 Å². The van der Waals surface area contributed by atoms with Crippen molar-refractivity contribution in [3.8, 4) is 11.1 Å². The lowest BCUT2D eigenvalue weighted by atomic mass is 9.99. The predicted molar refractivity (Wildman–Crippen MR) is 109 cm³/mol. The summed E-state index contributed by atoms with van der Waals surface area (Å²) in [5, 5.41) is 2.88. The Morgan fingerprint density at radius 2 is 1.76 bits per heavy atom. The summed E-state index contributed by atoms with van der Waals surface area (Å²) in [6.45, 7) is 1.73. The largest absolute Gasteiger partial charge is 0.462 e. The van der Waals surface area contributed by atoms with E-state index < -0.39 is 17.6 Å². The van der Waals surface area contributed by atoms with Gasteiger partial charge in [-0.25, -0.2) is 9.18 Å². The van der Waals surface area contributed by atoms with E-state index in [0.717, 1.165) is 5.56 Å². The van der Waals surface area contributed by atoms with Crippen molar-refractivity contribution in [2.75, 3.05) is 11.9 Å². The zero-order valence-corrected chi connectivity index (χ0v) is 15.8. The van der Waals surface area contributed by atoms with Gasteiger partial charge < -0.3 is 10.1 Å². The van der Waals surface area contributed by atoms with Crippen molar-refractivity contribution in [1.82, 2.24) is 4.98 Å². The Labute approximate surface area is 167 Å². The minimum Gasteiger partial charge on any atom is -0.462 e. The summed E-state index contributed by atoms with van der Waals surface area (Å²) in [6, 6.07) is 16.7. The highest BCUT2D eigenvalue weighted by atomic mass is 19.1. The third-order valence-electron chi connectivity index (χ3n) is 4.12. The molecule has 0 radical (unpaired) electrons. The molecule has 0 aliphatic heterocycles. The maximum Gasteiger partial charge on any atom is 0.343 e. The number of hydrogen-bond donors (Lipinski definition) is 1. The molecule has 1 N–H and O–H groups in total. The molecule has 0 spiro atoms. The van der Waals surface area contributed by atoms with Crippen molar-refractivity contribution < 1.29 is 18.7 Å². The molecule has 146 valence electrons. The van der Waals surface area contributed by atoms with E-state index in [-0.39, 0.29) is 17.7 Å². The smallest absolute Gasteiger partial charge is 0.343 e. The van der Waals surface area contributed by atoms with E-state index in [2.05, 4.69) is 10.3 Å². The first-order valence-corrected chi connectivity index (χ1v) is 9.03. The summed E-state index contributed by atoms with van der Waals surface area (Å²) in [5.41, 5.74) is 1.55. The third kappa shape index (κ3) is 4.93. The number of nitrogens with zero attached hydrogens (tertiary/aromatic N) is 1. The topological polar surface area (TPSA) is 68.3 Å². The number of hydrogen-bond acceptors (Lipinski definition) is 5. The molecule has 0 amide bonds. The SMILES string of the molecule is CCOC(=O)/C(=C\Nc1ccccc1)C(=O)c1ccc(-c2ccncc2)cc1F. The van der Waals surface area contributed by atoms with Crippen LogP contribution in [-0.2, 0) is 9.53 Å². The molecular formula is C23H19FN2O3. The number of para-hydroxylation sites is 1. The molecule has 1 aromatic heterocycles. The Balaban J connectivity index is 1.91. The maximum atomic E-state index is 14.7. The molecule has 0 unspecified atom stereocenters. The van der Waals surface area contributed by atoms with Gasteiger partial charge in [0.1, 0.15) is 11.4 Å². The molecule has 29 heavy (non-hydrogen) atoms. The lowest BCUT2D eigenvalue weighted by molar-refractivity contribution is -0.138. The lowest BCUT2D eigenvalue weighted by Gasteiger charge is -2.10. The molecule has 1 heterocycles. The first-order valence-electron chi connectivity index (χ1n) is 9.03. The molecule has 2 aromatic carbocycles. The van der Waals surface area contributed by atoms with Gasteiger partial charge in [-0.15, -0.1) is 0 Å². The van der Waals surface area contributed by atoms with Crippen molar-refractivity contribution in [3.63, 3.8) is 0 Å². The number of anilines is 1. The van der Waals surface area contributed by atoms with Crippen LogP contribution in [-0.4, -0.2) is 23.3 Å². The van der Waals surface area contributed by atoms with Gasteiger partial charge >= 0.3 is 5.97 Å². The van der Waals surface area contributed by atoms with Crippen LogP contribution in [0.5, 0.6) is 0 Å². The van der Waals surface area contributed by atoms with Gasteiger partial charge in [0.2, 0.25) is 5.78 Å². The zero-order chi connectivity index (χ0) is 20.6. The number of aromatic nitrogens is 1. The van der Waals surface area contributed by atoms with Gasteiger partial charge in [-0.3, -0.25) is 9.78 Å². The van der Waals surface area contributed by atoms with Gasteiger partial charge in [0, 0.05) is 24.3 Å². The van der Waals surface area contributed by atoms with Crippen LogP contribution in [0.1, 0.15) is 17.3 Å². The Morgan fingerprint density at radius 3 is 2.41 bits per heavy atom. The second kappa shape index (κ2) is 9.41. The molecule has 5 nitrogen and oxygen atoms in total. The molecule has 0 bridgehead atoms. The van der Waals surface area contributed by atoms with Crippen molar-refractivity contribution in [2.45, 2.75) is 6.92 Å². The van der Waals surface area contributed by atoms with E-state index in [9.17, 15) is 14.0 Å². The molecule has 0 aliphatic rings. The molecule has 6 heteroatoms. The Kier molecular flexibility index (Phi) is 6.47. The number of carbonyl (C=O) groups is 2. The number of halogens is 1. The molecule has 0 atom stereocenters. The van der Waals surface area contributed by atoms with Crippen LogP contribution < -0.4 is 5.32 Å². The number of pyridine rings is 1. The van der Waals surface area contributed by atoms with Crippen LogP contribution in [0.15, 0.2) is 84.8 Å². The van der Waals surface area contributed by atoms with E-state index in [1.54, 1.807) is 61.8 Å². The van der Waals surface area contributed by atoms with Crippen LogP contribution in [0.4, 0.5) is 10.1 Å². The number of ketones is 1. The highest BCUT2D eigenvalue weighted by molar-refractivity contribution is 6.24. The third-order valence-corrected chi connectivity index (χ3v) is 4.12. The number of carbonyl (C=O) groups excluding carboxylic acids is 2. The lowest BCUT2D eigenvalue weighted by Crippen LogP contribution is -2.18. The Morgan fingerprint density at radius 1 is 1.03 bits per heavy atom. The van der Waals surface area contributed by atoms with Crippen molar-refractivity contribution in [1.29, 1.82) is 0 Å². The highest BCUT2D eigenvalue weighted by Gasteiger charge is 2.24. The minimum absolute atomic E-state index is 0.0955. The van der Waals surface area contributed by atoms with Gasteiger partial charge in [0.25, 0.3) is 0 Å². The van der Waals surface area contributed by atoms with Gasteiger partial charge in [0.15, 0.2) is 0 Å². The Hall–Kier alpha value is -3.80. The van der Waals surface area contributed by atoms with E-state index >= 15 is 0 Å². The fourth-order valence-corrected chi connectivity index (χ4v) is 2.68. The number of rotatable bonds is 7. The number of ether oxygens (including phenoxy) is 1. The van der Waals surface area contributed by atoms with Crippen LogP contribution in [0.3, 0.4) is 0 Å². The van der Waals surface area contributed by atoms with E-state index in [1.165, 1.54) is 18.3 Å². The van der Waals surface area contributed by atoms with E-state index in [0.29, 0.717) is 11.3 Å². The monoisotopic (exact) mass is 390 g/mol. The molecule has 0 fully saturated rings. The van der Waals surface area contributed by atoms with E-state index in [4.69, 9.17) is 4.74 Å². The minimum atomic E-state index is -0.821. The summed E-state index contributed by atoms with van der Waals surface area (Å²) in [5.74, 6) is -2.30. The molecule has 0 aliphatic carbocycles. The van der Waals surface area contributed by atoms with Crippen molar-refractivity contribution >= 4 is 17.4 Å². The van der Waals surface area contributed by atoms with Crippen LogP contribution in [0, 0.1) is 5.82 Å². The normalized spacial score (nSPS) is 11.0. The van der Waals surface area contributed by atoms with E-state index in [1.807, 2.05) is 6.07 Å². The second-order valence-electron chi connectivity index (χ2n) is 6.05. The number of benzene rings is 2. The van der Waals surface area contributed by atoms with Crippen molar-refractivity contribution in [2.24, 2.45) is 0 Å². The molecule has 0 saturated heterocycles. The van der Waals surface area contributed by atoms with Gasteiger partial charge in [-0.05, 0) is 54.4 Å². The summed E-state index contributed by atoms with van der Waals surface area (Å²) in [7, 11) is 0. The second-order valence-corrected chi connectivity index (χ2v) is 6.05. The van der Waals surface area contributed by atoms with Gasteiger partial charge in [-0.1, -0.05) is 24.3 Å². The highest BCUT2D eigenvalue weighted by Crippen LogP contribution is 2.23. The van der Waals surface area contributed by atoms with Crippen LogP contribution in [0.25, 0.3) is 11.1 Å². The summed E-state index contributed by atoms with van der Waals surface area (Å²) < 4.78 is 19.7. The average Bonchev–Trinajstić information content (AvgIpc) is 2.75. The molecule has 0 saturated carbocycles. The standard InChI is InChI=1S/C23H19FN2O3/c1-2-29-23(28)20(15-26-18-6-4-3-5-7-18)22(27)19-9-8-17(14-21(19)24)16-10-12-25-13-11-16/h3-15,26H,2H2,1H3/b20-15-. The quantitative estimate of drug-likeness (QED) is 0.209. The zero-order valence-electron chi connectivity index (χ0n) is 15.8. The maximum absolute atomic E-state index is 14.7. The van der Waals surface area contributed by atoms with Gasteiger partial charge in [-0.2, -0.15) is 0 Å². The Bertz CT molecular complexity index is 1030. The summed E-state index contributed by atoms with van der Waals surface area (Å²) in [6.07, 6.45) is 4.44. The van der Waals surface area contributed by atoms with Crippen LogP contribution >= 0.6 is 0 Å². The first-order chi connectivity index (χ1) is 14.1. The molecule has 3 rings (SSSR count). The summed E-state index contributed by atoms with van der Waals surface area (Å²) >= 11 is 0. The fraction of sp³-hybridized carbons (Fsp3) is 0.0870. The molecule has 3 aromatic rings. The van der Waals surface area contributed by atoms with Crippen LogP contribution in [0.2, 0.25) is 0 Å². The molecular weight excluding hydrogens is 371 g/mol. The number of Topliss-reactive ketones (excluding diaryl/α,β-unsaturated/α-hetero) is 1. The fourth-order valence-electron chi connectivity index (χ4n) is 2.68. The predicted octanol–water partition coefficient (Wildman–Crippen LogP) is 4.63. The number of esters is 1. The first kappa shape index (κ1) is 19.9. The number of nitrogens with one attached hydrogen (secondary N) is 1. The summed E-state index contributed by atoms with van der Waals surface area (Å²) in [4.78, 5) is 29.1.